The molecule has 0 fully saturated rings. The van der Waals surface area contributed by atoms with E-state index in [9.17, 15) is 9.90 Å². The maximum Gasteiger partial charge on any atom is 0.305 e. The summed E-state index contributed by atoms with van der Waals surface area (Å²) in [6.07, 6.45) is 29.8. The average molecular weight is 453 g/mol. The number of unbranched alkanes of at least 4 members (excludes halogenated alkanes) is 16. The first kappa shape index (κ1) is 31.2. The zero-order valence-corrected chi connectivity index (χ0v) is 21.8. The number of rotatable bonds is 25. The van der Waals surface area contributed by atoms with Crippen molar-refractivity contribution < 1.29 is 14.6 Å². The summed E-state index contributed by atoms with van der Waals surface area (Å²) < 4.78 is 5.36. The van der Waals surface area contributed by atoms with E-state index in [1.54, 1.807) is 0 Å². The van der Waals surface area contributed by atoms with Crippen molar-refractivity contribution in [1.82, 2.24) is 0 Å². The zero-order chi connectivity index (χ0) is 23.5. The number of aliphatic hydroxyl groups is 1. The summed E-state index contributed by atoms with van der Waals surface area (Å²) in [6, 6.07) is 0. The predicted molar refractivity (Wildman–Crippen MR) is 139 cm³/mol. The molecule has 0 aliphatic carbocycles. The molecule has 0 saturated heterocycles. The van der Waals surface area contributed by atoms with E-state index < -0.39 is 0 Å². The molecule has 0 bridgehead atoms. The summed E-state index contributed by atoms with van der Waals surface area (Å²) >= 11 is 0. The Morgan fingerprint density at radius 3 is 1.88 bits per heavy atom. The van der Waals surface area contributed by atoms with Crippen LogP contribution in [-0.4, -0.2) is 23.8 Å². The van der Waals surface area contributed by atoms with Crippen molar-refractivity contribution >= 4 is 5.97 Å². The molecule has 0 aliphatic heterocycles. The minimum atomic E-state index is -0.164. The molecule has 32 heavy (non-hydrogen) atoms. The first-order valence-electron chi connectivity index (χ1n) is 14.2. The highest BCUT2D eigenvalue weighted by atomic mass is 16.5. The van der Waals surface area contributed by atoms with Crippen LogP contribution in [0.4, 0.5) is 0 Å². The number of carbonyl (C=O) groups is 1. The van der Waals surface area contributed by atoms with Crippen molar-refractivity contribution in [3.63, 3.8) is 0 Å². The van der Waals surface area contributed by atoms with Crippen molar-refractivity contribution in [2.45, 2.75) is 161 Å². The molecule has 0 aliphatic rings. The number of esters is 1. The van der Waals surface area contributed by atoms with E-state index >= 15 is 0 Å². The molecule has 0 aromatic rings. The second-order valence-corrected chi connectivity index (χ2v) is 9.57. The highest BCUT2D eigenvalue weighted by Crippen LogP contribution is 2.12. The molecule has 0 unspecified atom stereocenters. The lowest BCUT2D eigenvalue weighted by molar-refractivity contribution is -0.143. The Kier molecular flexibility index (Phi) is 25.7. The number of carbonyl (C=O) groups excluding carboxylic acids is 1. The van der Waals surface area contributed by atoms with Crippen molar-refractivity contribution in [2.24, 2.45) is 0 Å². The fraction of sp³-hybridized carbons (Fsp3) is 0.897. The van der Waals surface area contributed by atoms with Gasteiger partial charge in [0.05, 0.1) is 12.7 Å². The lowest BCUT2D eigenvalue weighted by Crippen LogP contribution is -2.05. The van der Waals surface area contributed by atoms with E-state index in [4.69, 9.17) is 4.74 Å². The summed E-state index contributed by atoms with van der Waals surface area (Å²) in [5, 5.41) is 9.94. The van der Waals surface area contributed by atoms with Crippen LogP contribution >= 0.6 is 0 Å². The van der Waals surface area contributed by atoms with E-state index in [0.717, 1.165) is 44.9 Å². The van der Waals surface area contributed by atoms with Gasteiger partial charge in [0.2, 0.25) is 0 Å². The van der Waals surface area contributed by atoms with Crippen molar-refractivity contribution in [2.75, 3.05) is 6.61 Å². The standard InChI is InChI=1S/C29H56O3/c1-3-5-7-9-10-13-16-19-23-27-32-29(31)26-22-18-15-12-11-14-17-21-25-28(30)24-20-8-6-4-2/h17,21,28,30H,3-16,18-20,22-27H2,1-2H3/t28-/m1/s1. The Morgan fingerprint density at radius 2 is 1.22 bits per heavy atom. The third kappa shape index (κ3) is 25.4. The molecule has 3 heteroatoms. The van der Waals surface area contributed by atoms with Crippen LogP contribution in [0.1, 0.15) is 155 Å². The zero-order valence-electron chi connectivity index (χ0n) is 21.8. The number of hydrogen-bond donors (Lipinski definition) is 1. The van der Waals surface area contributed by atoms with Crippen LogP contribution in [0.15, 0.2) is 12.2 Å². The van der Waals surface area contributed by atoms with Crippen LogP contribution < -0.4 is 0 Å². The summed E-state index contributed by atoms with van der Waals surface area (Å²) in [6.45, 7) is 5.08. The smallest absolute Gasteiger partial charge is 0.305 e. The van der Waals surface area contributed by atoms with E-state index in [1.807, 2.05) is 0 Å². The van der Waals surface area contributed by atoms with Gasteiger partial charge in [-0.25, -0.2) is 0 Å². The van der Waals surface area contributed by atoms with Gasteiger partial charge in [-0.05, 0) is 38.5 Å². The minimum absolute atomic E-state index is 0.0132. The Labute approximate surface area is 200 Å². The fourth-order valence-corrected chi connectivity index (χ4v) is 4.03. The van der Waals surface area contributed by atoms with Gasteiger partial charge in [-0.1, -0.05) is 122 Å². The van der Waals surface area contributed by atoms with Gasteiger partial charge in [0, 0.05) is 6.42 Å². The average Bonchev–Trinajstić information content (AvgIpc) is 2.79. The third-order valence-corrected chi connectivity index (χ3v) is 6.23. The molecule has 190 valence electrons. The summed E-state index contributed by atoms with van der Waals surface area (Å²) in [4.78, 5) is 11.8. The maximum absolute atomic E-state index is 11.8. The Balaban J connectivity index is 3.29. The molecule has 0 amide bonds. The summed E-state index contributed by atoms with van der Waals surface area (Å²) in [7, 11) is 0. The van der Waals surface area contributed by atoms with Crippen LogP contribution in [0.5, 0.6) is 0 Å². The molecular formula is C29H56O3. The second-order valence-electron chi connectivity index (χ2n) is 9.57. The first-order valence-corrected chi connectivity index (χ1v) is 14.2. The van der Waals surface area contributed by atoms with Crippen LogP contribution in [0.25, 0.3) is 0 Å². The molecule has 0 radical (unpaired) electrons. The van der Waals surface area contributed by atoms with E-state index in [2.05, 4.69) is 26.0 Å². The number of hydrogen-bond acceptors (Lipinski definition) is 3. The SMILES string of the molecule is CCCCCCCCCCCOC(=O)CCCCCCCC=CC[C@H](O)CCCCCC. The van der Waals surface area contributed by atoms with Crippen LogP contribution in [0.2, 0.25) is 0 Å². The minimum Gasteiger partial charge on any atom is -0.466 e. The molecule has 3 nitrogen and oxygen atoms in total. The second kappa shape index (κ2) is 26.4. The van der Waals surface area contributed by atoms with Gasteiger partial charge in [-0.3, -0.25) is 4.79 Å². The van der Waals surface area contributed by atoms with Crippen molar-refractivity contribution in [3.8, 4) is 0 Å². The van der Waals surface area contributed by atoms with Crippen LogP contribution in [0.3, 0.4) is 0 Å². The van der Waals surface area contributed by atoms with Crippen molar-refractivity contribution in [1.29, 1.82) is 0 Å². The van der Waals surface area contributed by atoms with Gasteiger partial charge in [0.25, 0.3) is 0 Å². The Bertz CT molecular complexity index is 405. The normalized spacial score (nSPS) is 12.5. The maximum atomic E-state index is 11.8. The van der Waals surface area contributed by atoms with Gasteiger partial charge < -0.3 is 9.84 Å². The first-order chi connectivity index (χ1) is 15.7. The highest BCUT2D eigenvalue weighted by Gasteiger charge is 2.03. The quantitative estimate of drug-likeness (QED) is 0.0853. The van der Waals surface area contributed by atoms with Gasteiger partial charge in [-0.2, -0.15) is 0 Å². The van der Waals surface area contributed by atoms with Gasteiger partial charge in [-0.15, -0.1) is 0 Å². The highest BCUT2D eigenvalue weighted by molar-refractivity contribution is 5.69. The number of allylic oxidation sites excluding steroid dienone is 1. The van der Waals surface area contributed by atoms with Crippen LogP contribution in [0, 0.1) is 0 Å². The van der Waals surface area contributed by atoms with E-state index in [-0.39, 0.29) is 12.1 Å². The number of aliphatic hydroxyl groups excluding tert-OH is 1. The monoisotopic (exact) mass is 452 g/mol. The van der Waals surface area contributed by atoms with E-state index in [0.29, 0.717) is 13.0 Å². The van der Waals surface area contributed by atoms with Crippen molar-refractivity contribution in [3.05, 3.63) is 12.2 Å². The van der Waals surface area contributed by atoms with Gasteiger partial charge in [0.15, 0.2) is 0 Å². The molecule has 0 rings (SSSR count). The molecule has 0 heterocycles. The number of ether oxygens (including phenoxy) is 1. The topological polar surface area (TPSA) is 46.5 Å². The molecule has 0 saturated carbocycles. The lowest BCUT2D eigenvalue weighted by atomic mass is 10.1. The molecule has 1 atom stereocenters. The third-order valence-electron chi connectivity index (χ3n) is 6.23. The van der Waals surface area contributed by atoms with Gasteiger partial charge in [0.1, 0.15) is 0 Å². The Morgan fingerprint density at radius 1 is 0.688 bits per heavy atom. The molecule has 0 aromatic heterocycles. The summed E-state index contributed by atoms with van der Waals surface area (Å²) in [5.41, 5.74) is 0. The molecule has 0 aromatic carbocycles. The fourth-order valence-electron chi connectivity index (χ4n) is 4.03. The predicted octanol–water partition coefficient (Wildman–Crippen LogP) is 9.07. The van der Waals surface area contributed by atoms with Gasteiger partial charge >= 0.3 is 5.97 Å². The lowest BCUT2D eigenvalue weighted by Gasteiger charge is -2.07. The van der Waals surface area contributed by atoms with E-state index in [1.165, 1.54) is 89.9 Å². The van der Waals surface area contributed by atoms with Crippen LogP contribution in [-0.2, 0) is 9.53 Å². The molecular weight excluding hydrogens is 396 g/mol. The molecule has 1 N–H and O–H groups in total. The molecule has 0 spiro atoms. The largest absolute Gasteiger partial charge is 0.466 e. The summed E-state index contributed by atoms with van der Waals surface area (Å²) in [5.74, 6) is -0.0132. The Hall–Kier alpha value is -0.830.